The monoisotopic (exact) mass is 245 g/mol. The topological polar surface area (TPSA) is 30.5 Å². The fraction of sp³-hybridized carbons (Fsp3) is 0.429. The Morgan fingerprint density at radius 1 is 1.33 bits per heavy atom. The van der Waals surface area contributed by atoms with Crippen molar-refractivity contribution in [2.24, 2.45) is 0 Å². The number of hydrogen-bond donors (Lipinski definition) is 1. The van der Waals surface area contributed by atoms with Crippen LogP contribution in [0.3, 0.4) is 0 Å². The van der Waals surface area contributed by atoms with E-state index < -0.39 is 5.60 Å². The second kappa shape index (κ2) is 5.16. The van der Waals surface area contributed by atoms with E-state index in [0.717, 1.165) is 18.6 Å². The second-order valence-corrected chi connectivity index (χ2v) is 4.98. The Hall–Kier alpha value is -1.26. The maximum absolute atomic E-state index is 5.92. The van der Waals surface area contributed by atoms with E-state index in [0.29, 0.717) is 5.76 Å². The Labute approximate surface area is 109 Å². The lowest BCUT2D eigenvalue weighted by Crippen LogP contribution is -2.37. The van der Waals surface area contributed by atoms with Crippen molar-refractivity contribution in [3.05, 3.63) is 42.2 Å². The molecule has 0 unspecified atom stereocenters. The summed E-state index contributed by atoms with van der Waals surface area (Å²) in [4.78, 5) is 0. The van der Waals surface area contributed by atoms with Crippen molar-refractivity contribution in [1.82, 2.24) is 5.32 Å². The zero-order valence-corrected chi connectivity index (χ0v) is 11.3. The van der Waals surface area contributed by atoms with Crippen molar-refractivity contribution >= 4 is 12.6 Å². The van der Waals surface area contributed by atoms with Gasteiger partial charge in [-0.25, -0.2) is 0 Å². The van der Waals surface area contributed by atoms with Gasteiger partial charge in [-0.15, -0.1) is 0 Å². The summed E-state index contributed by atoms with van der Waals surface area (Å²) in [6, 6.07) is 8.18. The minimum Gasteiger partial charge on any atom is -0.534 e. The van der Waals surface area contributed by atoms with E-state index in [4.69, 9.17) is 9.31 Å². The third-order valence-corrected chi connectivity index (χ3v) is 3.20. The molecule has 1 aliphatic heterocycles. The van der Waals surface area contributed by atoms with Crippen molar-refractivity contribution in [1.29, 1.82) is 0 Å². The molecule has 3 nitrogen and oxygen atoms in total. The lowest BCUT2D eigenvalue weighted by molar-refractivity contribution is 0.173. The summed E-state index contributed by atoms with van der Waals surface area (Å²) in [6.07, 6.45) is 0. The Morgan fingerprint density at radius 2 is 2.06 bits per heavy atom. The summed E-state index contributed by atoms with van der Waals surface area (Å²) < 4.78 is 11.7. The number of nitrogens with one attached hydrogen (secondary N) is 1. The molecule has 0 radical (unpaired) electrons. The summed E-state index contributed by atoms with van der Waals surface area (Å²) in [5.74, 6) is 0.686. The molecule has 0 saturated carbocycles. The van der Waals surface area contributed by atoms with Crippen molar-refractivity contribution in [3.8, 4) is 0 Å². The largest absolute Gasteiger partial charge is 0.563 e. The van der Waals surface area contributed by atoms with Gasteiger partial charge in [0.2, 0.25) is 0 Å². The molecule has 1 N–H and O–H groups in total. The zero-order chi connectivity index (χ0) is 13.2. The predicted octanol–water partition coefficient (Wildman–Crippen LogP) is 1.83. The molecule has 0 aromatic heterocycles. The highest BCUT2D eigenvalue weighted by Crippen LogP contribution is 2.29. The maximum atomic E-state index is 5.92. The van der Waals surface area contributed by atoms with Crippen LogP contribution in [0.2, 0.25) is 0 Å². The minimum absolute atomic E-state index is 0.345. The molecule has 4 heteroatoms. The molecule has 1 aliphatic rings. The molecule has 1 aromatic carbocycles. The fourth-order valence-electron chi connectivity index (χ4n) is 1.94. The standard InChI is InChI=1S/C14H20BNO2/c1-5-16-10-12-8-6-7-9-13(12)15-17-11(2)14(3,4)18-15/h6-9,16H,2,5,10H2,1,3-4H3. The molecular weight excluding hydrogens is 225 g/mol. The van der Waals surface area contributed by atoms with Gasteiger partial charge >= 0.3 is 7.12 Å². The highest BCUT2D eigenvalue weighted by atomic mass is 16.7. The van der Waals surface area contributed by atoms with Gasteiger partial charge < -0.3 is 14.6 Å². The highest BCUT2D eigenvalue weighted by molar-refractivity contribution is 6.62. The first kappa shape index (κ1) is 13.2. The first-order chi connectivity index (χ1) is 8.54. The van der Waals surface area contributed by atoms with Gasteiger partial charge in [-0.2, -0.15) is 0 Å². The van der Waals surface area contributed by atoms with Crippen LogP contribution in [0.1, 0.15) is 26.3 Å². The van der Waals surface area contributed by atoms with Gasteiger partial charge in [0, 0.05) is 12.0 Å². The first-order valence-electron chi connectivity index (χ1n) is 6.37. The summed E-state index contributed by atoms with van der Waals surface area (Å²) in [5.41, 5.74) is 1.86. The Kier molecular flexibility index (Phi) is 3.78. The molecule has 1 fully saturated rings. The van der Waals surface area contributed by atoms with E-state index in [1.165, 1.54) is 5.56 Å². The lowest BCUT2D eigenvalue weighted by Gasteiger charge is -2.16. The zero-order valence-electron chi connectivity index (χ0n) is 11.3. The maximum Gasteiger partial charge on any atom is 0.563 e. The van der Waals surface area contributed by atoms with Gasteiger partial charge in [0.25, 0.3) is 0 Å². The normalized spacial score (nSPS) is 17.9. The van der Waals surface area contributed by atoms with E-state index in [1.54, 1.807) is 0 Å². The minimum atomic E-state index is -0.421. The Bertz CT molecular complexity index is 445. The van der Waals surface area contributed by atoms with Crippen molar-refractivity contribution in [3.63, 3.8) is 0 Å². The molecule has 18 heavy (non-hydrogen) atoms. The van der Waals surface area contributed by atoms with Crippen LogP contribution >= 0.6 is 0 Å². The van der Waals surface area contributed by atoms with Crippen molar-refractivity contribution in [2.45, 2.75) is 32.9 Å². The molecule has 1 saturated heterocycles. The predicted molar refractivity (Wildman–Crippen MR) is 74.6 cm³/mol. The van der Waals surface area contributed by atoms with Crippen LogP contribution < -0.4 is 10.8 Å². The SMILES string of the molecule is C=C1OB(c2ccccc2CNCC)OC1(C)C. The number of benzene rings is 1. The third kappa shape index (κ3) is 2.60. The molecule has 0 bridgehead atoms. The lowest BCUT2D eigenvalue weighted by atomic mass is 9.76. The van der Waals surface area contributed by atoms with Crippen LogP contribution in [0.15, 0.2) is 36.6 Å². The first-order valence-corrected chi connectivity index (χ1v) is 6.37. The molecule has 96 valence electrons. The van der Waals surface area contributed by atoms with Crippen LogP contribution in [0.4, 0.5) is 0 Å². The van der Waals surface area contributed by atoms with E-state index in [2.05, 4.69) is 24.9 Å². The molecular formula is C14H20BNO2. The fourth-order valence-corrected chi connectivity index (χ4v) is 1.94. The summed E-state index contributed by atoms with van der Waals surface area (Å²) >= 11 is 0. The molecule has 2 rings (SSSR count). The summed E-state index contributed by atoms with van der Waals surface area (Å²) in [5, 5.41) is 3.33. The number of rotatable bonds is 4. The van der Waals surface area contributed by atoms with Crippen molar-refractivity contribution in [2.75, 3.05) is 6.54 Å². The van der Waals surface area contributed by atoms with Gasteiger partial charge in [0.1, 0.15) is 5.60 Å². The smallest absolute Gasteiger partial charge is 0.534 e. The van der Waals surface area contributed by atoms with Gasteiger partial charge in [0.15, 0.2) is 0 Å². The van der Waals surface area contributed by atoms with Gasteiger partial charge in [-0.1, -0.05) is 37.8 Å². The average Bonchev–Trinajstić information content (AvgIpc) is 2.61. The van der Waals surface area contributed by atoms with Crippen LogP contribution in [0.25, 0.3) is 0 Å². The average molecular weight is 245 g/mol. The van der Waals surface area contributed by atoms with E-state index >= 15 is 0 Å². The van der Waals surface area contributed by atoms with Crippen LogP contribution in [-0.4, -0.2) is 19.3 Å². The van der Waals surface area contributed by atoms with E-state index in [1.807, 2.05) is 32.0 Å². The van der Waals surface area contributed by atoms with Gasteiger partial charge in [-0.05, 0) is 26.0 Å². The molecule has 0 atom stereocenters. The van der Waals surface area contributed by atoms with E-state index in [-0.39, 0.29) is 7.12 Å². The van der Waals surface area contributed by atoms with Crippen LogP contribution in [0, 0.1) is 0 Å². The second-order valence-electron chi connectivity index (χ2n) is 4.98. The summed E-state index contributed by atoms with van der Waals surface area (Å²) in [7, 11) is -0.345. The quantitative estimate of drug-likeness (QED) is 0.821. The molecule has 0 spiro atoms. The Morgan fingerprint density at radius 3 is 2.67 bits per heavy atom. The highest BCUT2D eigenvalue weighted by Gasteiger charge is 2.43. The third-order valence-electron chi connectivity index (χ3n) is 3.20. The molecule has 1 aromatic rings. The van der Waals surface area contributed by atoms with E-state index in [9.17, 15) is 0 Å². The van der Waals surface area contributed by atoms with Crippen molar-refractivity contribution < 1.29 is 9.31 Å². The number of hydrogen-bond acceptors (Lipinski definition) is 3. The van der Waals surface area contributed by atoms with Gasteiger partial charge in [-0.3, -0.25) is 0 Å². The van der Waals surface area contributed by atoms with Gasteiger partial charge in [0.05, 0.1) is 5.76 Å². The van der Waals surface area contributed by atoms with Crippen LogP contribution in [0.5, 0.6) is 0 Å². The molecule has 0 amide bonds. The molecule has 1 heterocycles. The summed E-state index contributed by atoms with van der Waals surface area (Å²) in [6.45, 7) is 11.7. The Balaban J connectivity index is 2.21. The molecule has 0 aliphatic carbocycles. The van der Waals surface area contributed by atoms with Crippen LogP contribution in [-0.2, 0) is 15.9 Å².